The number of nitrogens with one attached hydrogen (secondary N) is 1. The molecule has 26 heavy (non-hydrogen) atoms. The predicted molar refractivity (Wildman–Crippen MR) is 97.4 cm³/mol. The molecule has 0 spiro atoms. The van der Waals surface area contributed by atoms with Crippen LogP contribution in [0.25, 0.3) is 10.7 Å². The fourth-order valence-corrected chi connectivity index (χ4v) is 4.30. The van der Waals surface area contributed by atoms with Crippen LogP contribution in [0.5, 0.6) is 0 Å². The Morgan fingerprint density at radius 1 is 1.19 bits per heavy atom. The molecular weight excluding hydrogens is 351 g/mol. The molecule has 7 heteroatoms. The highest BCUT2D eigenvalue weighted by atomic mass is 32.1. The first-order valence-corrected chi connectivity index (χ1v) is 9.38. The molecule has 0 amide bonds. The number of carbonyl (C=O) groups is 1. The number of thiophene rings is 1. The van der Waals surface area contributed by atoms with Crippen molar-refractivity contribution in [3.8, 4) is 10.7 Å². The van der Waals surface area contributed by atoms with Crippen LogP contribution in [0.4, 0.5) is 10.3 Å². The van der Waals surface area contributed by atoms with Crippen molar-refractivity contribution in [3.63, 3.8) is 0 Å². The molecule has 1 aliphatic carbocycles. The van der Waals surface area contributed by atoms with E-state index in [1.807, 2.05) is 17.5 Å². The quantitative estimate of drug-likeness (QED) is 0.740. The van der Waals surface area contributed by atoms with Gasteiger partial charge in [-0.25, -0.2) is 9.07 Å². The summed E-state index contributed by atoms with van der Waals surface area (Å²) in [6, 6.07) is 9.87. The van der Waals surface area contributed by atoms with E-state index in [9.17, 15) is 9.18 Å². The summed E-state index contributed by atoms with van der Waals surface area (Å²) in [6.45, 7) is 0. The minimum absolute atomic E-state index is 0.0471. The Morgan fingerprint density at radius 2 is 2.08 bits per heavy atom. The van der Waals surface area contributed by atoms with Crippen LogP contribution in [0.15, 0.2) is 53.0 Å². The van der Waals surface area contributed by atoms with Gasteiger partial charge in [-0.2, -0.15) is 4.98 Å². The summed E-state index contributed by atoms with van der Waals surface area (Å²) >= 11 is 1.54. The number of hydrogen-bond acceptors (Lipinski definition) is 5. The monoisotopic (exact) mass is 366 g/mol. The predicted octanol–water partition coefficient (Wildman–Crippen LogP) is 4.17. The van der Waals surface area contributed by atoms with Gasteiger partial charge in [0.15, 0.2) is 11.6 Å². The Labute approximate surface area is 153 Å². The Bertz CT molecular complexity index is 1040. The van der Waals surface area contributed by atoms with Crippen LogP contribution in [0, 0.1) is 5.82 Å². The molecule has 3 heterocycles. The molecular formula is C19H15FN4OS. The van der Waals surface area contributed by atoms with Crippen molar-refractivity contribution < 1.29 is 9.18 Å². The van der Waals surface area contributed by atoms with Gasteiger partial charge in [0, 0.05) is 23.3 Å². The van der Waals surface area contributed by atoms with Crippen molar-refractivity contribution in [1.82, 2.24) is 14.8 Å². The van der Waals surface area contributed by atoms with Gasteiger partial charge < -0.3 is 5.32 Å². The van der Waals surface area contributed by atoms with Crippen molar-refractivity contribution in [2.45, 2.75) is 25.3 Å². The van der Waals surface area contributed by atoms with Crippen LogP contribution >= 0.6 is 11.3 Å². The topological polar surface area (TPSA) is 59.8 Å². The second kappa shape index (κ2) is 5.88. The summed E-state index contributed by atoms with van der Waals surface area (Å²) in [6.07, 6.45) is 2.03. The smallest absolute Gasteiger partial charge is 0.226 e. The molecule has 0 bridgehead atoms. The maximum atomic E-state index is 14.6. The van der Waals surface area contributed by atoms with Crippen molar-refractivity contribution in [3.05, 3.63) is 64.4 Å². The van der Waals surface area contributed by atoms with E-state index in [0.29, 0.717) is 29.3 Å². The van der Waals surface area contributed by atoms with Crippen LogP contribution in [0.3, 0.4) is 0 Å². The first-order valence-electron chi connectivity index (χ1n) is 8.50. The van der Waals surface area contributed by atoms with Gasteiger partial charge >= 0.3 is 0 Å². The molecule has 1 aromatic carbocycles. The molecule has 1 atom stereocenters. The van der Waals surface area contributed by atoms with Gasteiger partial charge in [-0.15, -0.1) is 16.4 Å². The van der Waals surface area contributed by atoms with Crippen molar-refractivity contribution in [2.75, 3.05) is 5.32 Å². The number of rotatable bonds is 2. The first kappa shape index (κ1) is 15.5. The molecule has 1 N–H and O–H groups in total. The Hall–Kier alpha value is -2.80. The van der Waals surface area contributed by atoms with Gasteiger partial charge in [0.2, 0.25) is 5.95 Å². The fraction of sp³-hybridized carbons (Fsp3) is 0.211. The molecule has 1 aliphatic heterocycles. The number of aromatic nitrogens is 3. The number of halogens is 1. The van der Waals surface area contributed by atoms with Gasteiger partial charge in [-0.05, 0) is 30.4 Å². The van der Waals surface area contributed by atoms with Crippen molar-refractivity contribution >= 4 is 23.1 Å². The largest absolute Gasteiger partial charge is 0.328 e. The summed E-state index contributed by atoms with van der Waals surface area (Å²) in [5, 5.41) is 9.84. The number of fused-ring (bicyclic) bond motifs is 1. The number of anilines is 1. The van der Waals surface area contributed by atoms with E-state index < -0.39 is 6.04 Å². The third-order valence-electron chi connectivity index (χ3n) is 4.81. The van der Waals surface area contributed by atoms with Crippen LogP contribution in [0.2, 0.25) is 0 Å². The van der Waals surface area contributed by atoms with Gasteiger partial charge in [-0.1, -0.05) is 24.3 Å². The fourth-order valence-electron chi connectivity index (χ4n) is 3.65. The Morgan fingerprint density at radius 3 is 2.88 bits per heavy atom. The van der Waals surface area contributed by atoms with E-state index in [2.05, 4.69) is 15.4 Å². The standard InChI is InChI=1S/C19H15FN4OS/c20-12-6-2-1-5-11(12)17-16-13(7-3-8-14(16)25)21-19-22-18(23-24(17)19)15-9-4-10-26-15/h1-2,4-6,9-10,17H,3,7-8H2,(H,21,22,23). The summed E-state index contributed by atoms with van der Waals surface area (Å²) in [4.78, 5) is 18.2. The maximum Gasteiger partial charge on any atom is 0.226 e. The highest BCUT2D eigenvalue weighted by Crippen LogP contribution is 2.41. The molecule has 2 aliphatic rings. The van der Waals surface area contributed by atoms with Gasteiger partial charge in [-0.3, -0.25) is 4.79 Å². The average Bonchev–Trinajstić information content (AvgIpc) is 3.30. The number of benzene rings is 1. The number of hydrogen-bond donors (Lipinski definition) is 1. The zero-order valence-electron chi connectivity index (χ0n) is 13.8. The van der Waals surface area contributed by atoms with Crippen LogP contribution < -0.4 is 5.32 Å². The van der Waals surface area contributed by atoms with E-state index >= 15 is 0 Å². The number of carbonyl (C=O) groups excluding carboxylic acids is 1. The molecule has 130 valence electrons. The third kappa shape index (κ3) is 2.31. The summed E-state index contributed by atoms with van der Waals surface area (Å²) in [7, 11) is 0. The lowest BCUT2D eigenvalue weighted by molar-refractivity contribution is -0.116. The lowest BCUT2D eigenvalue weighted by atomic mass is 9.85. The van der Waals surface area contributed by atoms with Crippen molar-refractivity contribution in [2.24, 2.45) is 0 Å². The number of Topliss-reactive ketones (excluding diaryl/α,β-unsaturated/α-hetero) is 1. The third-order valence-corrected chi connectivity index (χ3v) is 5.68. The number of nitrogens with zero attached hydrogens (tertiary/aromatic N) is 3. The molecule has 0 saturated heterocycles. The van der Waals surface area contributed by atoms with E-state index in [-0.39, 0.29) is 11.6 Å². The van der Waals surface area contributed by atoms with Gasteiger partial charge in [0.1, 0.15) is 11.9 Å². The lowest BCUT2D eigenvalue weighted by Gasteiger charge is -2.32. The summed E-state index contributed by atoms with van der Waals surface area (Å²) in [5.41, 5.74) is 1.89. The molecule has 1 unspecified atom stereocenters. The molecule has 5 nitrogen and oxygen atoms in total. The second-order valence-corrected chi connectivity index (χ2v) is 7.35. The van der Waals surface area contributed by atoms with Crippen LogP contribution in [-0.4, -0.2) is 20.5 Å². The van der Waals surface area contributed by atoms with Gasteiger partial charge in [0.05, 0.1) is 4.88 Å². The minimum Gasteiger partial charge on any atom is -0.328 e. The Kier molecular flexibility index (Phi) is 3.49. The average molecular weight is 366 g/mol. The van der Waals surface area contributed by atoms with E-state index in [4.69, 9.17) is 0 Å². The maximum absolute atomic E-state index is 14.6. The zero-order chi connectivity index (χ0) is 17.7. The van der Waals surface area contributed by atoms with Gasteiger partial charge in [0.25, 0.3) is 0 Å². The Balaban J connectivity index is 1.73. The van der Waals surface area contributed by atoms with E-state index in [1.165, 1.54) is 6.07 Å². The highest BCUT2D eigenvalue weighted by molar-refractivity contribution is 7.13. The molecule has 5 rings (SSSR count). The first-order chi connectivity index (χ1) is 12.7. The molecule has 0 saturated carbocycles. The summed E-state index contributed by atoms with van der Waals surface area (Å²) < 4.78 is 16.3. The number of allylic oxidation sites excluding steroid dienone is 2. The van der Waals surface area contributed by atoms with Crippen LogP contribution in [-0.2, 0) is 4.79 Å². The molecule has 2 aromatic heterocycles. The molecule has 3 aromatic rings. The second-order valence-electron chi connectivity index (χ2n) is 6.40. The minimum atomic E-state index is -0.587. The summed E-state index contributed by atoms with van der Waals surface area (Å²) in [5.74, 6) is 0.834. The van der Waals surface area contributed by atoms with Crippen LogP contribution in [0.1, 0.15) is 30.9 Å². The number of ketones is 1. The molecule has 0 fully saturated rings. The van der Waals surface area contributed by atoms with E-state index in [1.54, 1.807) is 34.2 Å². The molecule has 0 radical (unpaired) electrons. The lowest BCUT2D eigenvalue weighted by Crippen LogP contribution is -2.32. The van der Waals surface area contributed by atoms with Crippen molar-refractivity contribution in [1.29, 1.82) is 0 Å². The van der Waals surface area contributed by atoms with E-state index in [0.717, 1.165) is 23.4 Å². The highest BCUT2D eigenvalue weighted by Gasteiger charge is 2.38. The SMILES string of the molecule is O=C1CCCC2=C1C(c1ccccc1F)n1nc(-c3cccs3)nc1N2. The normalized spacial score (nSPS) is 19.1. The zero-order valence-corrected chi connectivity index (χ0v) is 14.6.